The summed E-state index contributed by atoms with van der Waals surface area (Å²) in [5.74, 6) is 1.23. The van der Waals surface area contributed by atoms with Crippen molar-refractivity contribution in [1.29, 1.82) is 0 Å². The SMILES string of the molecule is C/C=C(\N=C(C)N)c1cccc(Nc2nccn3ccnc23)c1. The Kier molecular flexibility index (Phi) is 4.05. The molecule has 0 aliphatic carbocycles. The third-order valence-electron chi connectivity index (χ3n) is 3.30. The molecule has 6 heteroatoms. The molecule has 0 saturated heterocycles. The number of fused-ring (bicyclic) bond motifs is 1. The lowest BCUT2D eigenvalue weighted by Gasteiger charge is -2.09. The Morgan fingerprint density at radius 2 is 2.04 bits per heavy atom. The highest BCUT2D eigenvalue weighted by Gasteiger charge is 2.06. The van der Waals surface area contributed by atoms with E-state index < -0.39 is 0 Å². The number of rotatable bonds is 4. The van der Waals surface area contributed by atoms with Crippen LogP contribution in [0.3, 0.4) is 0 Å². The summed E-state index contributed by atoms with van der Waals surface area (Å²) < 4.78 is 1.92. The molecule has 0 aliphatic rings. The van der Waals surface area contributed by atoms with Crippen molar-refractivity contribution in [2.24, 2.45) is 10.7 Å². The number of hydrogen-bond acceptors (Lipinski definition) is 4. The van der Waals surface area contributed by atoms with Crippen molar-refractivity contribution in [2.75, 3.05) is 5.32 Å². The smallest absolute Gasteiger partial charge is 0.180 e. The van der Waals surface area contributed by atoms with E-state index in [1.54, 1.807) is 19.3 Å². The Bertz CT molecular complexity index is 887. The molecule has 0 unspecified atom stereocenters. The fraction of sp³-hybridized carbons (Fsp3) is 0.118. The summed E-state index contributed by atoms with van der Waals surface area (Å²) in [5.41, 5.74) is 9.20. The van der Waals surface area contributed by atoms with Crippen LogP contribution in [-0.4, -0.2) is 20.2 Å². The lowest BCUT2D eigenvalue weighted by Crippen LogP contribution is -2.05. The van der Waals surface area contributed by atoms with E-state index in [2.05, 4.69) is 20.3 Å². The summed E-state index contributed by atoms with van der Waals surface area (Å²) in [5, 5.41) is 3.30. The number of hydrogen-bond donors (Lipinski definition) is 2. The molecular weight excluding hydrogens is 288 g/mol. The van der Waals surface area contributed by atoms with Gasteiger partial charge in [0, 0.05) is 36.0 Å². The number of nitrogens with two attached hydrogens (primary N) is 1. The lowest BCUT2D eigenvalue weighted by molar-refractivity contribution is 1.13. The third-order valence-corrected chi connectivity index (χ3v) is 3.30. The Labute approximate surface area is 134 Å². The highest BCUT2D eigenvalue weighted by molar-refractivity contribution is 5.85. The minimum Gasteiger partial charge on any atom is -0.387 e. The molecule has 116 valence electrons. The molecule has 3 aromatic rings. The van der Waals surface area contributed by atoms with Crippen molar-refractivity contribution in [3.05, 3.63) is 60.7 Å². The summed E-state index contributed by atoms with van der Waals surface area (Å²) in [6, 6.07) is 7.95. The van der Waals surface area contributed by atoms with Gasteiger partial charge < -0.3 is 15.5 Å². The second-order valence-electron chi connectivity index (χ2n) is 5.07. The molecule has 6 nitrogen and oxygen atoms in total. The molecule has 0 saturated carbocycles. The molecular formula is C17H18N6. The van der Waals surface area contributed by atoms with E-state index in [0.717, 1.165) is 22.6 Å². The van der Waals surface area contributed by atoms with E-state index in [1.165, 1.54) is 0 Å². The number of nitrogens with one attached hydrogen (secondary N) is 1. The molecule has 0 fully saturated rings. The largest absolute Gasteiger partial charge is 0.387 e. The number of benzene rings is 1. The molecule has 0 atom stereocenters. The number of aliphatic imine (C=N–C) groups is 1. The van der Waals surface area contributed by atoms with E-state index in [1.807, 2.05) is 54.1 Å². The zero-order valence-corrected chi connectivity index (χ0v) is 13.1. The van der Waals surface area contributed by atoms with Crippen molar-refractivity contribution in [3.63, 3.8) is 0 Å². The first-order valence-corrected chi connectivity index (χ1v) is 7.29. The Morgan fingerprint density at radius 3 is 2.78 bits per heavy atom. The van der Waals surface area contributed by atoms with Crippen LogP contribution in [0.25, 0.3) is 11.3 Å². The van der Waals surface area contributed by atoms with Gasteiger partial charge in [0.15, 0.2) is 11.5 Å². The van der Waals surface area contributed by atoms with Gasteiger partial charge in [0.05, 0.1) is 11.5 Å². The maximum absolute atomic E-state index is 5.69. The maximum atomic E-state index is 5.69. The van der Waals surface area contributed by atoms with Gasteiger partial charge in [-0.1, -0.05) is 18.2 Å². The van der Waals surface area contributed by atoms with Gasteiger partial charge in [-0.25, -0.2) is 15.0 Å². The van der Waals surface area contributed by atoms with Gasteiger partial charge in [0.2, 0.25) is 0 Å². The van der Waals surface area contributed by atoms with Crippen LogP contribution in [0.1, 0.15) is 19.4 Å². The fourth-order valence-corrected chi connectivity index (χ4v) is 2.32. The van der Waals surface area contributed by atoms with Crippen LogP contribution in [0, 0.1) is 0 Å². The van der Waals surface area contributed by atoms with E-state index in [9.17, 15) is 0 Å². The van der Waals surface area contributed by atoms with Gasteiger partial charge in [-0.05, 0) is 26.0 Å². The molecule has 0 spiro atoms. The summed E-state index contributed by atoms with van der Waals surface area (Å²) >= 11 is 0. The average Bonchev–Trinajstić information content (AvgIpc) is 3.02. The van der Waals surface area contributed by atoms with Gasteiger partial charge in [-0.15, -0.1) is 0 Å². The Hall–Kier alpha value is -3.15. The van der Waals surface area contributed by atoms with E-state index in [-0.39, 0.29) is 0 Å². The lowest BCUT2D eigenvalue weighted by atomic mass is 10.1. The topological polar surface area (TPSA) is 80.6 Å². The standard InChI is InChI=1S/C17H18N6/c1-3-15(21-12(2)18)13-5-4-6-14(11-13)22-16-17-20-8-10-23(17)9-7-19-16/h3-11H,1-2H3,(H2,18,21)(H,19,22)/b15-3-. The molecule has 3 N–H and O–H groups in total. The van der Waals surface area contributed by atoms with Crippen molar-refractivity contribution in [2.45, 2.75) is 13.8 Å². The Morgan fingerprint density at radius 1 is 1.26 bits per heavy atom. The average molecular weight is 306 g/mol. The van der Waals surface area contributed by atoms with Crippen molar-refractivity contribution >= 4 is 28.7 Å². The molecule has 2 aromatic heterocycles. The molecule has 3 rings (SSSR count). The number of anilines is 2. The number of amidine groups is 1. The second-order valence-corrected chi connectivity index (χ2v) is 5.07. The summed E-state index contributed by atoms with van der Waals surface area (Å²) in [4.78, 5) is 13.0. The summed E-state index contributed by atoms with van der Waals surface area (Å²) in [7, 11) is 0. The second kappa shape index (κ2) is 6.31. The van der Waals surface area contributed by atoms with Gasteiger partial charge in [-0.2, -0.15) is 0 Å². The predicted octanol–water partition coefficient (Wildman–Crippen LogP) is 3.21. The number of nitrogens with zero attached hydrogens (tertiary/aromatic N) is 4. The molecule has 0 radical (unpaired) electrons. The van der Waals surface area contributed by atoms with Gasteiger partial charge in [0.25, 0.3) is 0 Å². The first-order valence-electron chi connectivity index (χ1n) is 7.29. The Balaban J connectivity index is 1.94. The van der Waals surface area contributed by atoms with Crippen LogP contribution in [-0.2, 0) is 0 Å². The third kappa shape index (κ3) is 3.21. The van der Waals surface area contributed by atoms with E-state index >= 15 is 0 Å². The molecule has 23 heavy (non-hydrogen) atoms. The molecule has 2 heterocycles. The van der Waals surface area contributed by atoms with Gasteiger partial charge in [-0.3, -0.25) is 0 Å². The minimum atomic E-state index is 0.528. The monoisotopic (exact) mass is 306 g/mol. The van der Waals surface area contributed by atoms with Crippen LogP contribution in [0.2, 0.25) is 0 Å². The fourth-order valence-electron chi connectivity index (χ4n) is 2.32. The summed E-state index contributed by atoms with van der Waals surface area (Å²) in [6.07, 6.45) is 9.16. The van der Waals surface area contributed by atoms with Crippen molar-refractivity contribution in [1.82, 2.24) is 14.4 Å². The van der Waals surface area contributed by atoms with E-state index in [0.29, 0.717) is 11.7 Å². The first-order chi connectivity index (χ1) is 11.2. The zero-order valence-electron chi connectivity index (χ0n) is 13.1. The molecule has 1 aromatic carbocycles. The van der Waals surface area contributed by atoms with E-state index in [4.69, 9.17) is 5.73 Å². The van der Waals surface area contributed by atoms with Crippen molar-refractivity contribution in [3.8, 4) is 0 Å². The molecule has 0 bridgehead atoms. The highest BCUT2D eigenvalue weighted by Crippen LogP contribution is 2.23. The number of allylic oxidation sites excluding steroid dienone is 1. The number of imidazole rings is 1. The summed E-state index contributed by atoms with van der Waals surface area (Å²) in [6.45, 7) is 3.71. The first kappa shape index (κ1) is 14.8. The normalized spacial score (nSPS) is 12.6. The van der Waals surface area contributed by atoms with Crippen LogP contribution >= 0.6 is 0 Å². The van der Waals surface area contributed by atoms with Crippen LogP contribution in [0.15, 0.2) is 60.1 Å². The van der Waals surface area contributed by atoms with Crippen LogP contribution < -0.4 is 11.1 Å². The van der Waals surface area contributed by atoms with Crippen LogP contribution in [0.4, 0.5) is 11.5 Å². The highest BCUT2D eigenvalue weighted by atomic mass is 15.1. The number of aromatic nitrogens is 3. The quantitative estimate of drug-likeness (QED) is 0.573. The van der Waals surface area contributed by atoms with Gasteiger partial charge in [0.1, 0.15) is 0 Å². The molecule has 0 amide bonds. The van der Waals surface area contributed by atoms with Crippen molar-refractivity contribution < 1.29 is 0 Å². The predicted molar refractivity (Wildman–Crippen MR) is 93.7 cm³/mol. The maximum Gasteiger partial charge on any atom is 0.180 e. The van der Waals surface area contributed by atoms with Gasteiger partial charge >= 0.3 is 0 Å². The molecule has 0 aliphatic heterocycles. The minimum absolute atomic E-state index is 0.528. The zero-order chi connectivity index (χ0) is 16.2. The van der Waals surface area contributed by atoms with Crippen LogP contribution in [0.5, 0.6) is 0 Å².